The average Bonchev–Trinajstić information content (AvgIpc) is 2.92. The number of hydrogen-bond acceptors (Lipinski definition) is 2. The van der Waals surface area contributed by atoms with E-state index >= 15 is 0 Å². The van der Waals surface area contributed by atoms with E-state index in [1.807, 2.05) is 42.8 Å². The van der Waals surface area contributed by atoms with E-state index in [4.69, 9.17) is 0 Å². The Balaban J connectivity index is 1.67. The minimum Gasteiger partial charge on any atom is -0.346 e. The molecule has 1 atom stereocenters. The van der Waals surface area contributed by atoms with Crippen LogP contribution in [0.25, 0.3) is 0 Å². The summed E-state index contributed by atoms with van der Waals surface area (Å²) < 4.78 is 1.98. The number of nitrogens with zero attached hydrogens (tertiary/aromatic N) is 2. The van der Waals surface area contributed by atoms with E-state index in [1.54, 1.807) is 0 Å². The van der Waals surface area contributed by atoms with Gasteiger partial charge in [-0.3, -0.25) is 9.48 Å². The van der Waals surface area contributed by atoms with Gasteiger partial charge in [0.25, 0.3) is 5.91 Å². The van der Waals surface area contributed by atoms with Gasteiger partial charge in [0.05, 0.1) is 18.3 Å². The zero-order valence-corrected chi connectivity index (χ0v) is 16.7. The summed E-state index contributed by atoms with van der Waals surface area (Å²) in [4.78, 5) is 12.6. The molecule has 0 bridgehead atoms. The molecule has 0 saturated carbocycles. The normalized spacial score (nSPS) is 12.0. The highest BCUT2D eigenvalue weighted by Crippen LogP contribution is 2.19. The van der Waals surface area contributed by atoms with Crippen LogP contribution in [0.3, 0.4) is 0 Å². The first-order chi connectivity index (χ1) is 12.8. The maximum atomic E-state index is 12.6. The Morgan fingerprint density at radius 1 is 1.04 bits per heavy atom. The van der Waals surface area contributed by atoms with E-state index < -0.39 is 0 Å². The number of benzene rings is 2. The molecule has 140 valence electrons. The lowest BCUT2D eigenvalue weighted by Crippen LogP contribution is -2.27. The Morgan fingerprint density at radius 3 is 2.33 bits per heavy atom. The molecule has 0 aliphatic rings. The summed E-state index contributed by atoms with van der Waals surface area (Å²) in [5.41, 5.74) is 7.52. The second-order valence-electron chi connectivity index (χ2n) is 7.34. The Kier molecular flexibility index (Phi) is 5.45. The molecule has 1 N–H and O–H groups in total. The van der Waals surface area contributed by atoms with E-state index in [1.165, 1.54) is 11.1 Å². The van der Waals surface area contributed by atoms with Crippen molar-refractivity contribution < 1.29 is 4.79 Å². The van der Waals surface area contributed by atoms with Crippen LogP contribution in [0.2, 0.25) is 0 Å². The SMILES string of the molecule is Cc1ccc(C(C)NC(=O)c2ccc(Cn3nc(C)cc3C)cc2)c(C)c1. The van der Waals surface area contributed by atoms with Crippen molar-refractivity contribution in [3.05, 3.63) is 87.7 Å². The summed E-state index contributed by atoms with van der Waals surface area (Å²) >= 11 is 0. The van der Waals surface area contributed by atoms with Crippen LogP contribution in [0.15, 0.2) is 48.5 Å². The van der Waals surface area contributed by atoms with Crippen molar-refractivity contribution in [1.82, 2.24) is 15.1 Å². The van der Waals surface area contributed by atoms with Gasteiger partial charge in [0, 0.05) is 11.3 Å². The van der Waals surface area contributed by atoms with Gasteiger partial charge in [0.15, 0.2) is 0 Å². The number of aromatic nitrogens is 2. The van der Waals surface area contributed by atoms with Gasteiger partial charge in [-0.1, -0.05) is 35.9 Å². The van der Waals surface area contributed by atoms with Gasteiger partial charge in [-0.15, -0.1) is 0 Å². The first-order valence-corrected chi connectivity index (χ1v) is 9.31. The zero-order chi connectivity index (χ0) is 19.6. The molecule has 0 spiro atoms. The number of hydrogen-bond donors (Lipinski definition) is 1. The fourth-order valence-electron chi connectivity index (χ4n) is 3.44. The fraction of sp³-hybridized carbons (Fsp3) is 0.304. The lowest BCUT2D eigenvalue weighted by atomic mass is 10.00. The minimum atomic E-state index is -0.0554. The molecule has 2 aromatic carbocycles. The van der Waals surface area contributed by atoms with Crippen LogP contribution in [0.4, 0.5) is 0 Å². The molecular weight excluding hydrogens is 334 g/mol. The fourth-order valence-corrected chi connectivity index (χ4v) is 3.44. The summed E-state index contributed by atoms with van der Waals surface area (Å²) in [6.07, 6.45) is 0. The number of carbonyl (C=O) groups excluding carboxylic acids is 1. The molecule has 0 aliphatic carbocycles. The van der Waals surface area contributed by atoms with Crippen LogP contribution in [-0.2, 0) is 6.54 Å². The van der Waals surface area contributed by atoms with Crippen molar-refractivity contribution >= 4 is 5.91 Å². The Bertz CT molecular complexity index is 954. The van der Waals surface area contributed by atoms with Gasteiger partial charge < -0.3 is 5.32 Å². The molecule has 3 rings (SSSR count). The van der Waals surface area contributed by atoms with Gasteiger partial charge in [-0.05, 0) is 69.5 Å². The van der Waals surface area contributed by atoms with Crippen molar-refractivity contribution in [3.63, 3.8) is 0 Å². The molecule has 0 fully saturated rings. The zero-order valence-electron chi connectivity index (χ0n) is 16.7. The molecule has 1 aromatic heterocycles. The van der Waals surface area contributed by atoms with E-state index in [-0.39, 0.29) is 11.9 Å². The number of carbonyl (C=O) groups is 1. The minimum absolute atomic E-state index is 0.0347. The van der Waals surface area contributed by atoms with Crippen LogP contribution in [0, 0.1) is 27.7 Å². The van der Waals surface area contributed by atoms with E-state index in [9.17, 15) is 4.79 Å². The average molecular weight is 361 g/mol. The Labute approximate surface area is 161 Å². The van der Waals surface area contributed by atoms with Gasteiger partial charge >= 0.3 is 0 Å². The Hall–Kier alpha value is -2.88. The molecule has 0 saturated heterocycles. The summed E-state index contributed by atoms with van der Waals surface area (Å²) in [6, 6.07) is 16.1. The van der Waals surface area contributed by atoms with E-state index in [0.29, 0.717) is 12.1 Å². The summed E-state index contributed by atoms with van der Waals surface area (Å²) in [5.74, 6) is -0.0554. The largest absolute Gasteiger partial charge is 0.346 e. The van der Waals surface area contributed by atoms with Gasteiger partial charge in [0.2, 0.25) is 0 Å². The molecule has 1 unspecified atom stereocenters. The number of nitrogens with one attached hydrogen (secondary N) is 1. The third-order valence-corrected chi connectivity index (χ3v) is 4.89. The molecule has 0 aliphatic heterocycles. The number of aryl methyl sites for hydroxylation is 4. The lowest BCUT2D eigenvalue weighted by molar-refractivity contribution is 0.0940. The molecular formula is C23H27N3O. The van der Waals surface area contributed by atoms with Gasteiger partial charge in [-0.2, -0.15) is 5.10 Å². The maximum Gasteiger partial charge on any atom is 0.251 e. The van der Waals surface area contributed by atoms with Gasteiger partial charge in [0.1, 0.15) is 0 Å². The topological polar surface area (TPSA) is 46.9 Å². The van der Waals surface area contributed by atoms with Crippen molar-refractivity contribution in [2.24, 2.45) is 0 Å². The van der Waals surface area contributed by atoms with Crippen molar-refractivity contribution in [2.75, 3.05) is 0 Å². The highest BCUT2D eigenvalue weighted by Gasteiger charge is 2.13. The maximum absolute atomic E-state index is 12.6. The van der Waals surface area contributed by atoms with Crippen molar-refractivity contribution in [1.29, 1.82) is 0 Å². The predicted octanol–water partition coefficient (Wildman–Crippen LogP) is 4.66. The van der Waals surface area contributed by atoms with Gasteiger partial charge in [-0.25, -0.2) is 0 Å². The van der Waals surface area contributed by atoms with E-state index in [0.717, 1.165) is 22.5 Å². The van der Waals surface area contributed by atoms with Crippen LogP contribution >= 0.6 is 0 Å². The molecule has 1 heterocycles. The van der Waals surface area contributed by atoms with Crippen molar-refractivity contribution in [3.8, 4) is 0 Å². The third kappa shape index (κ3) is 4.45. The molecule has 1 amide bonds. The molecule has 4 nitrogen and oxygen atoms in total. The predicted molar refractivity (Wildman–Crippen MR) is 109 cm³/mol. The molecule has 4 heteroatoms. The van der Waals surface area contributed by atoms with Crippen LogP contribution < -0.4 is 5.32 Å². The first kappa shape index (κ1) is 18.9. The van der Waals surface area contributed by atoms with E-state index in [2.05, 4.69) is 55.5 Å². The summed E-state index contributed by atoms with van der Waals surface area (Å²) in [7, 11) is 0. The monoisotopic (exact) mass is 361 g/mol. The molecule has 3 aromatic rings. The Morgan fingerprint density at radius 2 is 1.74 bits per heavy atom. The number of rotatable bonds is 5. The molecule has 0 radical (unpaired) electrons. The van der Waals surface area contributed by atoms with Crippen LogP contribution in [0.1, 0.15) is 57.0 Å². The summed E-state index contributed by atoms with van der Waals surface area (Å²) in [5, 5.41) is 7.59. The first-order valence-electron chi connectivity index (χ1n) is 9.31. The van der Waals surface area contributed by atoms with Crippen LogP contribution in [0.5, 0.6) is 0 Å². The smallest absolute Gasteiger partial charge is 0.251 e. The summed E-state index contributed by atoms with van der Waals surface area (Å²) in [6.45, 7) is 10.9. The van der Waals surface area contributed by atoms with Crippen LogP contribution in [-0.4, -0.2) is 15.7 Å². The highest BCUT2D eigenvalue weighted by molar-refractivity contribution is 5.94. The second-order valence-corrected chi connectivity index (χ2v) is 7.34. The van der Waals surface area contributed by atoms with Crippen molar-refractivity contribution in [2.45, 2.75) is 47.2 Å². The third-order valence-electron chi connectivity index (χ3n) is 4.89. The quantitative estimate of drug-likeness (QED) is 0.719. The highest BCUT2D eigenvalue weighted by atomic mass is 16.1. The number of amides is 1. The standard InChI is InChI=1S/C23H27N3O/c1-15-6-11-22(16(2)12-15)19(5)24-23(27)21-9-7-20(8-10-21)14-26-18(4)13-17(3)25-26/h6-13,19H,14H2,1-5H3,(H,24,27). The molecule has 27 heavy (non-hydrogen) atoms. The second kappa shape index (κ2) is 7.78. The lowest BCUT2D eigenvalue weighted by Gasteiger charge is -2.17.